The Morgan fingerprint density at radius 1 is 1.17 bits per heavy atom. The van der Waals surface area contributed by atoms with Gasteiger partial charge in [-0.1, -0.05) is 24.4 Å². The third kappa shape index (κ3) is 3.95. The van der Waals surface area contributed by atoms with Crippen molar-refractivity contribution in [2.24, 2.45) is 0 Å². The topological polar surface area (TPSA) is 110 Å². The number of carbonyl (C=O) groups is 2. The Bertz CT molecular complexity index is 1020. The van der Waals surface area contributed by atoms with Crippen LogP contribution in [0.2, 0.25) is 0 Å². The van der Waals surface area contributed by atoms with Gasteiger partial charge in [0.05, 0.1) is 16.1 Å². The van der Waals surface area contributed by atoms with E-state index in [1.54, 1.807) is 25.1 Å². The molecule has 1 fully saturated rings. The molecule has 0 aliphatic heterocycles. The van der Waals surface area contributed by atoms with Gasteiger partial charge in [0.15, 0.2) is 11.6 Å². The van der Waals surface area contributed by atoms with Crippen LogP contribution in [0.5, 0.6) is 0 Å². The van der Waals surface area contributed by atoms with Crippen molar-refractivity contribution in [1.82, 2.24) is 15.5 Å². The first kappa shape index (κ1) is 19.4. The van der Waals surface area contributed by atoms with Crippen molar-refractivity contribution < 1.29 is 18.5 Å². The predicted molar refractivity (Wildman–Crippen MR) is 107 cm³/mol. The minimum Gasteiger partial charge on any atom is -0.459 e. The Morgan fingerprint density at radius 2 is 1.97 bits per heavy atom. The molecule has 2 N–H and O–H groups in total. The third-order valence-electron chi connectivity index (χ3n) is 5.12. The maximum Gasteiger partial charge on any atom is 0.291 e. The second-order valence-corrected chi connectivity index (χ2v) is 8.34. The summed E-state index contributed by atoms with van der Waals surface area (Å²) >= 11 is 1.23. The molecule has 0 saturated heterocycles. The van der Waals surface area contributed by atoms with E-state index in [2.05, 4.69) is 20.8 Å². The average molecular weight is 414 g/mol. The molecular formula is C20H22N4O4S. The van der Waals surface area contributed by atoms with Gasteiger partial charge < -0.3 is 19.6 Å². The SMILES string of the molecule is Cc1nc(C2(NC(=O)c3sc(NC(=O)c4ccco4)cc3C)CCCCC2)no1. The molecule has 3 aromatic heterocycles. The standard InChI is InChI=1S/C20H22N4O4S/c1-12-11-15(22-17(25)14-7-6-10-27-14)29-16(12)18(26)23-20(8-4-3-5-9-20)19-21-13(2)28-24-19/h6-7,10-11H,3-5,8-9H2,1-2H3,(H,22,25)(H,23,26). The van der Waals surface area contributed by atoms with Crippen LogP contribution in [-0.4, -0.2) is 22.0 Å². The molecule has 0 radical (unpaired) electrons. The van der Waals surface area contributed by atoms with Crippen molar-refractivity contribution in [2.45, 2.75) is 51.5 Å². The molecule has 8 nitrogen and oxygen atoms in total. The first-order valence-corrected chi connectivity index (χ1v) is 10.4. The maximum atomic E-state index is 13.1. The fourth-order valence-electron chi connectivity index (χ4n) is 3.68. The molecule has 152 valence electrons. The molecule has 1 saturated carbocycles. The Balaban J connectivity index is 1.54. The van der Waals surface area contributed by atoms with Gasteiger partial charge in [-0.15, -0.1) is 11.3 Å². The van der Waals surface area contributed by atoms with E-state index in [1.807, 2.05) is 6.92 Å². The molecule has 0 unspecified atom stereocenters. The third-order valence-corrected chi connectivity index (χ3v) is 6.27. The lowest BCUT2D eigenvalue weighted by Crippen LogP contribution is -2.48. The van der Waals surface area contributed by atoms with Crippen molar-refractivity contribution >= 4 is 28.2 Å². The zero-order valence-electron chi connectivity index (χ0n) is 16.3. The van der Waals surface area contributed by atoms with E-state index in [-0.39, 0.29) is 17.6 Å². The van der Waals surface area contributed by atoms with Crippen LogP contribution in [-0.2, 0) is 5.54 Å². The van der Waals surface area contributed by atoms with Crippen molar-refractivity contribution in [3.63, 3.8) is 0 Å². The number of hydrogen-bond acceptors (Lipinski definition) is 7. The highest BCUT2D eigenvalue weighted by atomic mass is 32.1. The van der Waals surface area contributed by atoms with Crippen LogP contribution < -0.4 is 10.6 Å². The van der Waals surface area contributed by atoms with E-state index in [0.29, 0.717) is 21.6 Å². The van der Waals surface area contributed by atoms with Gasteiger partial charge in [0.1, 0.15) is 5.54 Å². The number of aryl methyl sites for hydroxylation is 2. The molecule has 9 heteroatoms. The molecule has 0 bridgehead atoms. The summed E-state index contributed by atoms with van der Waals surface area (Å²) in [4.78, 5) is 30.3. The monoisotopic (exact) mass is 414 g/mol. The molecule has 0 spiro atoms. The van der Waals surface area contributed by atoms with E-state index in [4.69, 9.17) is 8.94 Å². The summed E-state index contributed by atoms with van der Waals surface area (Å²) in [7, 11) is 0. The number of thiophene rings is 1. The minimum absolute atomic E-state index is 0.199. The Kier molecular flexibility index (Phi) is 5.23. The summed E-state index contributed by atoms with van der Waals surface area (Å²) in [5.41, 5.74) is 0.165. The summed E-state index contributed by atoms with van der Waals surface area (Å²) in [5.74, 6) is 0.679. The molecule has 3 heterocycles. The first-order chi connectivity index (χ1) is 14.0. The lowest BCUT2D eigenvalue weighted by Gasteiger charge is -2.35. The lowest BCUT2D eigenvalue weighted by atomic mass is 9.81. The smallest absolute Gasteiger partial charge is 0.291 e. The number of furan rings is 1. The van der Waals surface area contributed by atoms with Crippen LogP contribution in [0.25, 0.3) is 0 Å². The minimum atomic E-state index is -0.624. The van der Waals surface area contributed by atoms with Gasteiger partial charge >= 0.3 is 0 Å². The Morgan fingerprint density at radius 3 is 2.62 bits per heavy atom. The van der Waals surface area contributed by atoms with Gasteiger partial charge in [-0.2, -0.15) is 4.98 Å². The van der Waals surface area contributed by atoms with Gasteiger partial charge in [0.25, 0.3) is 11.8 Å². The van der Waals surface area contributed by atoms with Crippen LogP contribution in [0.1, 0.15) is 69.6 Å². The van der Waals surface area contributed by atoms with Crippen molar-refractivity contribution in [3.05, 3.63) is 52.4 Å². The summed E-state index contributed by atoms with van der Waals surface area (Å²) in [6.45, 7) is 3.59. The number of rotatable bonds is 5. The van der Waals surface area contributed by atoms with E-state index in [0.717, 1.165) is 37.7 Å². The fourth-order valence-corrected chi connectivity index (χ4v) is 4.64. The predicted octanol–water partition coefficient (Wildman–Crippen LogP) is 4.18. The lowest BCUT2D eigenvalue weighted by molar-refractivity contribution is 0.0858. The number of hydrogen-bond donors (Lipinski definition) is 2. The molecule has 4 rings (SSSR count). The number of amides is 2. The summed E-state index contributed by atoms with van der Waals surface area (Å²) in [6, 6.07) is 5.02. The number of nitrogens with zero attached hydrogens (tertiary/aromatic N) is 2. The van der Waals surface area contributed by atoms with Crippen LogP contribution in [0.3, 0.4) is 0 Å². The van der Waals surface area contributed by atoms with Gasteiger partial charge in [-0.3, -0.25) is 9.59 Å². The van der Waals surface area contributed by atoms with Crippen molar-refractivity contribution in [1.29, 1.82) is 0 Å². The van der Waals surface area contributed by atoms with Gasteiger partial charge in [0, 0.05) is 6.92 Å². The maximum absolute atomic E-state index is 13.1. The number of nitrogens with one attached hydrogen (secondary N) is 2. The van der Waals surface area contributed by atoms with E-state index < -0.39 is 5.54 Å². The quantitative estimate of drug-likeness (QED) is 0.648. The van der Waals surface area contributed by atoms with Crippen molar-refractivity contribution in [2.75, 3.05) is 5.32 Å². The van der Waals surface area contributed by atoms with Crippen LogP contribution in [0, 0.1) is 13.8 Å². The van der Waals surface area contributed by atoms with Gasteiger partial charge in [-0.25, -0.2) is 0 Å². The van der Waals surface area contributed by atoms with E-state index in [1.165, 1.54) is 17.6 Å². The number of carbonyl (C=O) groups excluding carboxylic acids is 2. The first-order valence-electron chi connectivity index (χ1n) is 9.55. The van der Waals surface area contributed by atoms with Crippen LogP contribution >= 0.6 is 11.3 Å². The molecule has 0 aromatic carbocycles. The van der Waals surface area contributed by atoms with E-state index >= 15 is 0 Å². The van der Waals surface area contributed by atoms with E-state index in [9.17, 15) is 9.59 Å². The number of anilines is 1. The highest BCUT2D eigenvalue weighted by Crippen LogP contribution is 2.37. The molecule has 29 heavy (non-hydrogen) atoms. The summed E-state index contributed by atoms with van der Waals surface area (Å²) < 4.78 is 10.3. The molecule has 1 aliphatic rings. The molecular weight excluding hydrogens is 392 g/mol. The molecule has 1 aliphatic carbocycles. The van der Waals surface area contributed by atoms with Gasteiger partial charge in [0.2, 0.25) is 5.89 Å². The molecule has 0 atom stereocenters. The Hall–Kier alpha value is -2.94. The van der Waals surface area contributed by atoms with Crippen LogP contribution in [0.15, 0.2) is 33.4 Å². The number of aromatic nitrogens is 2. The normalized spacial score (nSPS) is 15.8. The second kappa shape index (κ2) is 7.82. The zero-order chi connectivity index (χ0) is 20.4. The second-order valence-electron chi connectivity index (χ2n) is 7.29. The fraction of sp³-hybridized carbons (Fsp3) is 0.400. The summed E-state index contributed by atoms with van der Waals surface area (Å²) in [5, 5.41) is 10.6. The summed E-state index contributed by atoms with van der Waals surface area (Å²) in [6.07, 6.45) is 6.07. The molecule has 2 amide bonds. The average Bonchev–Trinajstić information content (AvgIpc) is 3.44. The van der Waals surface area contributed by atoms with Crippen molar-refractivity contribution in [3.8, 4) is 0 Å². The largest absolute Gasteiger partial charge is 0.459 e. The van der Waals surface area contributed by atoms with Crippen LogP contribution in [0.4, 0.5) is 5.00 Å². The highest BCUT2D eigenvalue weighted by Gasteiger charge is 2.40. The van der Waals surface area contributed by atoms with Gasteiger partial charge in [-0.05, 0) is 43.5 Å². The Labute approximate surface area is 171 Å². The highest BCUT2D eigenvalue weighted by molar-refractivity contribution is 7.18. The zero-order valence-corrected chi connectivity index (χ0v) is 17.1. The molecule has 3 aromatic rings.